The van der Waals surface area contributed by atoms with E-state index in [0.717, 1.165) is 18.5 Å². The lowest BCUT2D eigenvalue weighted by molar-refractivity contribution is -0.128. The molecule has 0 saturated carbocycles. The number of aliphatic hydroxyl groups is 1. The van der Waals surface area contributed by atoms with Gasteiger partial charge >= 0.3 is 0 Å². The lowest BCUT2D eigenvalue weighted by Crippen LogP contribution is -2.43. The molecule has 37 heavy (non-hydrogen) atoms. The Morgan fingerprint density at radius 2 is 1.95 bits per heavy atom. The first kappa shape index (κ1) is 34.0. The van der Waals surface area contributed by atoms with Crippen LogP contribution in [0.2, 0.25) is 5.02 Å². The van der Waals surface area contributed by atoms with Gasteiger partial charge in [0.1, 0.15) is 22.8 Å². The number of nitrogens with one attached hydrogen (secondary N) is 2. The van der Waals surface area contributed by atoms with E-state index in [0.29, 0.717) is 24.3 Å². The number of aromatic amines is 1. The van der Waals surface area contributed by atoms with Crippen molar-refractivity contribution in [3.8, 4) is 6.07 Å². The van der Waals surface area contributed by atoms with Crippen LogP contribution in [0, 0.1) is 18.3 Å². The number of thioether (sulfide) groups is 1. The smallest absolute Gasteiger partial charge is 0.293 e. The summed E-state index contributed by atoms with van der Waals surface area (Å²) in [6.07, 6.45) is 7.56. The van der Waals surface area contributed by atoms with Crippen LogP contribution < -0.4 is 16.8 Å². The van der Waals surface area contributed by atoms with Gasteiger partial charge in [-0.3, -0.25) is 19.5 Å². The van der Waals surface area contributed by atoms with Crippen LogP contribution in [0.3, 0.4) is 0 Å². The summed E-state index contributed by atoms with van der Waals surface area (Å²) < 4.78 is 4.15. The number of carbonyl (C=O) groups is 2. The third-order valence-corrected chi connectivity index (χ3v) is 6.70. The monoisotopic (exact) mass is 555 g/mol. The quantitative estimate of drug-likeness (QED) is 0.260. The summed E-state index contributed by atoms with van der Waals surface area (Å²) in [5, 5.41) is 19.4. The Kier molecular flexibility index (Phi) is 17.6. The highest BCUT2D eigenvalue weighted by molar-refractivity contribution is 8.03. The molecule has 13 heteroatoms. The Hall–Kier alpha value is -2.98. The Bertz CT molecular complexity index is 996. The molecule has 3 heterocycles. The second-order valence-corrected chi connectivity index (χ2v) is 9.19. The number of rotatable bonds is 6. The summed E-state index contributed by atoms with van der Waals surface area (Å²) in [4.78, 5) is 30.2. The molecule has 1 fully saturated rings. The molecule has 206 valence electrons. The van der Waals surface area contributed by atoms with E-state index in [1.54, 1.807) is 33.2 Å². The predicted molar refractivity (Wildman–Crippen MR) is 149 cm³/mol. The first-order valence-corrected chi connectivity index (χ1v) is 12.8. The summed E-state index contributed by atoms with van der Waals surface area (Å²) in [5.74, 6) is -0.679. The summed E-state index contributed by atoms with van der Waals surface area (Å²) in [6, 6.07) is 1.80. The molecule has 1 aromatic rings. The van der Waals surface area contributed by atoms with Crippen LogP contribution in [-0.4, -0.2) is 72.9 Å². The topological polar surface area (TPSA) is 183 Å². The normalized spacial score (nSPS) is 17.2. The highest BCUT2D eigenvalue weighted by atomic mass is 35.5. The maximum absolute atomic E-state index is 10.7. The lowest BCUT2D eigenvalue weighted by atomic mass is 10.1. The molecule has 1 amide bonds. The van der Waals surface area contributed by atoms with Crippen molar-refractivity contribution in [3.05, 3.63) is 44.3 Å². The van der Waals surface area contributed by atoms with Gasteiger partial charge in [0.05, 0.1) is 23.0 Å². The van der Waals surface area contributed by atoms with Gasteiger partial charge in [0.25, 0.3) is 12.4 Å². The van der Waals surface area contributed by atoms with Gasteiger partial charge in [0.15, 0.2) is 0 Å². The minimum atomic E-state index is -0.679. The van der Waals surface area contributed by atoms with Crippen LogP contribution in [0.5, 0.6) is 0 Å². The lowest BCUT2D eigenvalue weighted by Gasteiger charge is -2.32. The van der Waals surface area contributed by atoms with E-state index in [1.807, 2.05) is 17.8 Å². The number of nitrogens with zero attached hydrogens (tertiary/aromatic N) is 3. The van der Waals surface area contributed by atoms with Gasteiger partial charge in [-0.2, -0.15) is 5.26 Å². The first-order chi connectivity index (χ1) is 17.7. The van der Waals surface area contributed by atoms with Crippen molar-refractivity contribution in [1.29, 1.82) is 5.26 Å². The van der Waals surface area contributed by atoms with Crippen molar-refractivity contribution in [2.24, 2.45) is 16.5 Å². The molecule has 0 aromatic carbocycles. The molecule has 1 saturated heterocycles. The molecule has 2 aliphatic heterocycles. The van der Waals surface area contributed by atoms with Gasteiger partial charge in [0.2, 0.25) is 0 Å². The summed E-state index contributed by atoms with van der Waals surface area (Å²) in [6.45, 7) is 8.82. The number of aliphatic imine (C=N–C) groups is 1. The van der Waals surface area contributed by atoms with Crippen molar-refractivity contribution >= 4 is 42.0 Å². The predicted octanol–water partition coefficient (Wildman–Crippen LogP) is 2.60. The zero-order valence-corrected chi connectivity index (χ0v) is 23.6. The number of aromatic nitrogens is 1. The van der Waals surface area contributed by atoms with Crippen LogP contribution in [-0.2, 0) is 9.53 Å². The maximum Gasteiger partial charge on any atom is 0.293 e. The molecule has 7 N–H and O–H groups in total. The zero-order chi connectivity index (χ0) is 28.4. The fraction of sp³-hybridized carbons (Fsp3) is 0.500. The molecule has 2 aliphatic rings. The van der Waals surface area contributed by atoms with Crippen LogP contribution >= 0.6 is 23.4 Å². The van der Waals surface area contributed by atoms with Gasteiger partial charge in [-0.15, -0.1) is 0 Å². The number of amides is 1. The van der Waals surface area contributed by atoms with E-state index >= 15 is 0 Å². The molecule has 0 bridgehead atoms. The average molecular weight is 556 g/mol. The zero-order valence-electron chi connectivity index (χ0n) is 22.0. The van der Waals surface area contributed by atoms with E-state index in [2.05, 4.69) is 31.9 Å². The number of primary amides is 1. The van der Waals surface area contributed by atoms with Crippen LogP contribution in [0.4, 0.5) is 0 Å². The number of nitrogens with two attached hydrogens (primary N) is 2. The maximum atomic E-state index is 10.7. The van der Waals surface area contributed by atoms with Crippen LogP contribution in [0.15, 0.2) is 27.4 Å². The number of H-pyrrole nitrogens is 1. The minimum Gasteiger partial charge on any atom is -0.468 e. The number of carbonyl (C=O) groups excluding carboxylic acids is 2. The number of piperidine rings is 1. The summed E-state index contributed by atoms with van der Waals surface area (Å²) in [5.41, 5.74) is 14.0. The largest absolute Gasteiger partial charge is 0.468 e. The average Bonchev–Trinajstić information content (AvgIpc) is 3.44. The third-order valence-electron chi connectivity index (χ3n) is 5.03. The van der Waals surface area contributed by atoms with E-state index < -0.39 is 5.91 Å². The fourth-order valence-electron chi connectivity index (χ4n) is 3.28. The van der Waals surface area contributed by atoms with Crippen molar-refractivity contribution in [3.63, 3.8) is 0 Å². The SMILES string of the molecule is CCOC=O.CN=C/C=C(\N)C1=C(C)SC(N2CCCCC2)N1.CO.Cc1[nH]c(C(N)=O)c(C#N)c1Cl. The molecular formula is C24H38ClN7O4S. The van der Waals surface area contributed by atoms with Crippen molar-refractivity contribution in [2.75, 3.05) is 33.9 Å². The van der Waals surface area contributed by atoms with Gasteiger partial charge in [-0.1, -0.05) is 29.8 Å². The second-order valence-electron chi connectivity index (χ2n) is 7.51. The number of likely N-dealkylation sites (tertiary alicyclic amines) is 1. The van der Waals surface area contributed by atoms with Crippen molar-refractivity contribution < 1.29 is 19.4 Å². The highest BCUT2D eigenvalue weighted by Crippen LogP contribution is 2.34. The minimum absolute atomic E-state index is 0.0694. The van der Waals surface area contributed by atoms with Crippen LogP contribution in [0.1, 0.15) is 54.9 Å². The molecule has 1 unspecified atom stereocenters. The van der Waals surface area contributed by atoms with Gasteiger partial charge in [-0.25, -0.2) is 0 Å². The molecule has 11 nitrogen and oxygen atoms in total. The molecule has 0 radical (unpaired) electrons. The van der Waals surface area contributed by atoms with Crippen molar-refractivity contribution in [2.45, 2.75) is 45.5 Å². The van der Waals surface area contributed by atoms with E-state index in [1.165, 1.54) is 37.3 Å². The Labute approximate surface area is 228 Å². The number of halogens is 1. The number of hydrogen-bond acceptors (Lipinski definition) is 10. The molecule has 0 spiro atoms. The second kappa shape index (κ2) is 19.2. The van der Waals surface area contributed by atoms with Crippen LogP contribution in [0.25, 0.3) is 0 Å². The number of allylic oxidation sites excluding steroid dienone is 2. The Balaban J connectivity index is 0.000000588. The summed E-state index contributed by atoms with van der Waals surface area (Å²) in [7, 11) is 2.75. The van der Waals surface area contributed by atoms with Gasteiger partial charge in [-0.05, 0) is 39.7 Å². The molecule has 1 atom stereocenters. The molecular weight excluding hydrogens is 518 g/mol. The third kappa shape index (κ3) is 11.3. The van der Waals surface area contributed by atoms with E-state index in [9.17, 15) is 9.59 Å². The van der Waals surface area contributed by atoms with E-state index in [4.69, 9.17) is 33.4 Å². The number of aryl methyl sites for hydroxylation is 1. The fourth-order valence-corrected chi connectivity index (χ4v) is 4.63. The number of hydrogen-bond donors (Lipinski definition) is 5. The molecule has 1 aromatic heterocycles. The molecule has 3 rings (SSSR count). The number of aliphatic hydroxyl groups excluding tert-OH is 1. The van der Waals surface area contributed by atoms with E-state index in [-0.39, 0.29) is 16.3 Å². The standard InChI is InChI=1S/C13H22N4S.C7H6ClN3O.C3H6O2.CH4O/c1-10-12(11(14)6-7-15-2)16-13(18-10)17-8-4-3-5-9-17;1-3-5(8)4(2-9)6(11-3)7(10)12;1-2-5-3-4;1-2/h6-7,13,16H,3-5,8-9,14H2,1-2H3;11H,1H3,(H2,10,12);3H,2H2,1H3;2H,1H3/b11-6-,15-7?;;;. The van der Waals surface area contributed by atoms with Gasteiger partial charge in [0, 0.05) is 44.1 Å². The highest BCUT2D eigenvalue weighted by Gasteiger charge is 2.28. The first-order valence-electron chi connectivity index (χ1n) is 11.6. The van der Waals surface area contributed by atoms with Crippen molar-refractivity contribution in [1.82, 2.24) is 15.2 Å². The number of ether oxygens (including phenoxy) is 1. The molecule has 0 aliphatic carbocycles. The van der Waals surface area contributed by atoms with Gasteiger partial charge < -0.3 is 31.6 Å². The number of nitriles is 1. The summed E-state index contributed by atoms with van der Waals surface area (Å²) >= 11 is 7.57. The Morgan fingerprint density at radius 1 is 1.32 bits per heavy atom. The Morgan fingerprint density at radius 3 is 2.38 bits per heavy atom.